The third kappa shape index (κ3) is 2.99. The Bertz CT molecular complexity index is 453. The molecule has 0 N–H and O–H groups in total. The van der Waals surface area contributed by atoms with Crippen LogP contribution in [-0.4, -0.2) is 42.9 Å². The van der Waals surface area contributed by atoms with Gasteiger partial charge in [-0.1, -0.05) is 11.6 Å². The van der Waals surface area contributed by atoms with Crippen molar-refractivity contribution in [2.45, 2.75) is 17.9 Å². The molecule has 1 atom stereocenters. The van der Waals surface area contributed by atoms with Gasteiger partial charge in [0.1, 0.15) is 0 Å². The molecule has 1 aromatic carbocycles. The highest BCUT2D eigenvalue weighted by Gasteiger charge is 2.24. The molecule has 18 heavy (non-hydrogen) atoms. The van der Waals surface area contributed by atoms with Crippen molar-refractivity contribution in [2.75, 3.05) is 26.0 Å². The summed E-state index contributed by atoms with van der Waals surface area (Å²) < 4.78 is 5.44. The molecule has 1 amide bonds. The van der Waals surface area contributed by atoms with Crippen LogP contribution in [0.3, 0.4) is 0 Å². The van der Waals surface area contributed by atoms with Crippen LogP contribution in [0.15, 0.2) is 23.1 Å². The van der Waals surface area contributed by atoms with Crippen molar-refractivity contribution in [3.8, 4) is 0 Å². The van der Waals surface area contributed by atoms with E-state index >= 15 is 0 Å². The normalized spacial score (nSPS) is 19.9. The van der Waals surface area contributed by atoms with Gasteiger partial charge in [-0.3, -0.25) is 4.79 Å². The Kier molecular flexibility index (Phi) is 4.54. The van der Waals surface area contributed by atoms with E-state index in [1.54, 1.807) is 22.7 Å². The van der Waals surface area contributed by atoms with Crippen molar-refractivity contribution in [1.29, 1.82) is 0 Å². The Morgan fingerprint density at radius 3 is 3.00 bits per heavy atom. The van der Waals surface area contributed by atoms with Gasteiger partial charge in [0, 0.05) is 18.0 Å². The molecule has 1 aromatic rings. The highest BCUT2D eigenvalue weighted by atomic mass is 35.5. The molecule has 0 aromatic heterocycles. The standard InChI is InChI=1S/C13H16ClNO2S/c1-9-8-15(5-6-17-9)13(16)11-7-10(18-2)3-4-12(11)14/h3-4,7,9H,5-6,8H2,1-2H3. The van der Waals surface area contributed by atoms with Gasteiger partial charge >= 0.3 is 0 Å². The molecule has 0 radical (unpaired) electrons. The average molecular weight is 286 g/mol. The van der Waals surface area contributed by atoms with Crippen LogP contribution >= 0.6 is 23.4 Å². The first-order valence-corrected chi connectivity index (χ1v) is 7.46. The summed E-state index contributed by atoms with van der Waals surface area (Å²) >= 11 is 7.72. The van der Waals surface area contributed by atoms with E-state index < -0.39 is 0 Å². The van der Waals surface area contributed by atoms with E-state index in [0.29, 0.717) is 30.3 Å². The van der Waals surface area contributed by atoms with E-state index in [0.717, 1.165) is 4.90 Å². The fraction of sp³-hybridized carbons (Fsp3) is 0.462. The minimum atomic E-state index is -0.00829. The molecule has 1 fully saturated rings. The summed E-state index contributed by atoms with van der Waals surface area (Å²) in [4.78, 5) is 15.3. The quantitative estimate of drug-likeness (QED) is 0.783. The number of nitrogens with zero attached hydrogens (tertiary/aromatic N) is 1. The lowest BCUT2D eigenvalue weighted by Crippen LogP contribution is -2.44. The Labute approximate surface area is 116 Å². The fourth-order valence-electron chi connectivity index (χ4n) is 1.97. The molecule has 1 aliphatic heterocycles. The molecule has 0 saturated carbocycles. The summed E-state index contributed by atoms with van der Waals surface area (Å²) in [6.07, 6.45) is 2.07. The van der Waals surface area contributed by atoms with Crippen molar-refractivity contribution in [3.05, 3.63) is 28.8 Å². The number of rotatable bonds is 2. The van der Waals surface area contributed by atoms with Gasteiger partial charge in [-0.15, -0.1) is 11.8 Å². The summed E-state index contributed by atoms with van der Waals surface area (Å²) in [5.74, 6) is -0.00829. The lowest BCUT2D eigenvalue weighted by atomic mass is 10.1. The van der Waals surface area contributed by atoms with Gasteiger partial charge in [0.05, 0.1) is 23.3 Å². The summed E-state index contributed by atoms with van der Waals surface area (Å²) in [6.45, 7) is 3.81. The Morgan fingerprint density at radius 1 is 1.56 bits per heavy atom. The first-order chi connectivity index (χ1) is 8.61. The number of thioether (sulfide) groups is 1. The van der Waals surface area contributed by atoms with E-state index in [2.05, 4.69) is 0 Å². The van der Waals surface area contributed by atoms with Crippen molar-refractivity contribution in [3.63, 3.8) is 0 Å². The predicted octanol–water partition coefficient (Wildman–Crippen LogP) is 2.92. The molecule has 1 unspecified atom stereocenters. The van der Waals surface area contributed by atoms with E-state index in [9.17, 15) is 4.79 Å². The molecule has 0 spiro atoms. The van der Waals surface area contributed by atoms with Crippen LogP contribution < -0.4 is 0 Å². The zero-order chi connectivity index (χ0) is 13.1. The third-order valence-electron chi connectivity index (χ3n) is 2.93. The number of benzene rings is 1. The van der Waals surface area contributed by atoms with E-state index in [4.69, 9.17) is 16.3 Å². The van der Waals surface area contributed by atoms with Crippen LogP contribution in [0.25, 0.3) is 0 Å². The zero-order valence-corrected chi connectivity index (χ0v) is 12.1. The van der Waals surface area contributed by atoms with Crippen LogP contribution in [0.4, 0.5) is 0 Å². The molecular formula is C13H16ClNO2S. The molecule has 98 valence electrons. The molecule has 0 bridgehead atoms. The second-order valence-corrected chi connectivity index (χ2v) is 5.57. The maximum absolute atomic E-state index is 12.4. The van der Waals surface area contributed by atoms with Crippen molar-refractivity contribution in [1.82, 2.24) is 4.90 Å². The molecule has 3 nitrogen and oxygen atoms in total. The predicted molar refractivity (Wildman–Crippen MR) is 74.6 cm³/mol. The molecule has 1 saturated heterocycles. The Hall–Kier alpha value is -0.710. The maximum Gasteiger partial charge on any atom is 0.255 e. The number of hydrogen-bond acceptors (Lipinski definition) is 3. The van der Waals surface area contributed by atoms with Gasteiger partial charge < -0.3 is 9.64 Å². The monoisotopic (exact) mass is 285 g/mol. The third-order valence-corrected chi connectivity index (χ3v) is 3.99. The van der Waals surface area contributed by atoms with Crippen LogP contribution in [-0.2, 0) is 4.74 Å². The van der Waals surface area contributed by atoms with Gasteiger partial charge in [-0.25, -0.2) is 0 Å². The average Bonchev–Trinajstić information content (AvgIpc) is 2.38. The SMILES string of the molecule is CSc1ccc(Cl)c(C(=O)N2CCOC(C)C2)c1. The minimum Gasteiger partial charge on any atom is -0.375 e. The largest absolute Gasteiger partial charge is 0.375 e. The number of carbonyl (C=O) groups is 1. The van der Waals surface area contributed by atoms with Gasteiger partial charge in [0.25, 0.3) is 5.91 Å². The molecule has 1 aliphatic rings. The topological polar surface area (TPSA) is 29.5 Å². The lowest BCUT2D eigenvalue weighted by Gasteiger charge is -2.31. The molecule has 5 heteroatoms. The second kappa shape index (κ2) is 5.95. The van der Waals surface area contributed by atoms with E-state index in [1.165, 1.54) is 0 Å². The lowest BCUT2D eigenvalue weighted by molar-refractivity contribution is -0.0124. The first kappa shape index (κ1) is 13.7. The number of carbonyl (C=O) groups excluding carboxylic acids is 1. The number of hydrogen-bond donors (Lipinski definition) is 0. The summed E-state index contributed by atoms with van der Waals surface area (Å²) in [6, 6.07) is 5.56. The van der Waals surface area contributed by atoms with E-state index in [1.807, 2.05) is 25.3 Å². The van der Waals surface area contributed by atoms with Gasteiger partial charge in [-0.2, -0.15) is 0 Å². The van der Waals surface area contributed by atoms with Gasteiger partial charge in [0.2, 0.25) is 0 Å². The molecule has 2 rings (SSSR count). The first-order valence-electron chi connectivity index (χ1n) is 5.86. The van der Waals surface area contributed by atoms with Gasteiger partial charge in [0.15, 0.2) is 0 Å². The smallest absolute Gasteiger partial charge is 0.255 e. The number of morpholine rings is 1. The maximum atomic E-state index is 12.4. The van der Waals surface area contributed by atoms with Crippen molar-refractivity contribution >= 4 is 29.3 Å². The van der Waals surface area contributed by atoms with Gasteiger partial charge in [-0.05, 0) is 31.4 Å². The number of halogens is 1. The summed E-state index contributed by atoms with van der Waals surface area (Å²) in [5.41, 5.74) is 0.581. The van der Waals surface area contributed by atoms with E-state index in [-0.39, 0.29) is 12.0 Å². The summed E-state index contributed by atoms with van der Waals surface area (Å²) in [7, 11) is 0. The number of ether oxygens (including phenoxy) is 1. The minimum absolute atomic E-state index is 0.00829. The Morgan fingerprint density at radius 2 is 2.33 bits per heavy atom. The van der Waals surface area contributed by atoms with Crippen LogP contribution in [0, 0.1) is 0 Å². The molecule has 1 heterocycles. The fourth-order valence-corrected chi connectivity index (χ4v) is 2.61. The molecule has 0 aliphatic carbocycles. The molecular weight excluding hydrogens is 270 g/mol. The highest BCUT2D eigenvalue weighted by molar-refractivity contribution is 7.98. The number of amides is 1. The summed E-state index contributed by atoms with van der Waals surface area (Å²) in [5, 5.41) is 0.511. The van der Waals surface area contributed by atoms with Crippen molar-refractivity contribution in [2.24, 2.45) is 0 Å². The highest BCUT2D eigenvalue weighted by Crippen LogP contribution is 2.24. The van der Waals surface area contributed by atoms with Crippen LogP contribution in [0.2, 0.25) is 5.02 Å². The second-order valence-electron chi connectivity index (χ2n) is 4.28. The van der Waals surface area contributed by atoms with Crippen LogP contribution in [0.5, 0.6) is 0 Å². The van der Waals surface area contributed by atoms with Crippen molar-refractivity contribution < 1.29 is 9.53 Å². The van der Waals surface area contributed by atoms with Crippen LogP contribution in [0.1, 0.15) is 17.3 Å². The zero-order valence-electron chi connectivity index (χ0n) is 10.5. The Balaban J connectivity index is 2.22.